The number of rotatable bonds is 3. The van der Waals surface area contributed by atoms with E-state index in [1.165, 1.54) is 4.90 Å². The summed E-state index contributed by atoms with van der Waals surface area (Å²) in [6.45, 7) is 1.85. The van der Waals surface area contributed by atoms with Gasteiger partial charge in [-0.15, -0.1) is 0 Å². The third kappa shape index (κ3) is 3.66. The highest BCUT2D eigenvalue weighted by Gasteiger charge is 2.35. The molecule has 0 aliphatic carbocycles. The van der Waals surface area contributed by atoms with E-state index in [2.05, 4.69) is 9.88 Å². The molecule has 9 heteroatoms. The van der Waals surface area contributed by atoms with E-state index >= 15 is 0 Å². The zero-order valence-electron chi connectivity index (χ0n) is 21.2. The number of anilines is 2. The number of imide groups is 1. The van der Waals surface area contributed by atoms with Gasteiger partial charge in [-0.2, -0.15) is 0 Å². The van der Waals surface area contributed by atoms with Crippen molar-refractivity contribution in [2.75, 3.05) is 36.0 Å². The van der Waals surface area contributed by atoms with Gasteiger partial charge in [0.05, 0.1) is 5.69 Å². The van der Waals surface area contributed by atoms with E-state index in [0.717, 1.165) is 11.1 Å². The molecule has 0 atom stereocenters. The van der Waals surface area contributed by atoms with Gasteiger partial charge < -0.3 is 14.2 Å². The van der Waals surface area contributed by atoms with Gasteiger partial charge in [0.25, 0.3) is 17.7 Å². The number of nitrogens with zero attached hydrogens (tertiary/aromatic N) is 4. The molecule has 1 fully saturated rings. The van der Waals surface area contributed by atoms with Crippen LogP contribution in [0.4, 0.5) is 11.4 Å². The Hall–Kier alpha value is -5.31. The summed E-state index contributed by atoms with van der Waals surface area (Å²) in [7, 11) is 0. The SMILES string of the molecule is O=C(c1cc2ccccc2oc1=O)N1CCN(c2ccc3c4c(cccc24)C(=O)N(c2ccncc2)C3=O)CC1. The molecule has 5 aromatic rings. The zero-order chi connectivity index (χ0) is 27.4. The van der Waals surface area contributed by atoms with Crippen molar-refractivity contribution in [2.24, 2.45) is 0 Å². The highest BCUT2D eigenvalue weighted by molar-refractivity contribution is 6.36. The number of hydrogen-bond donors (Lipinski definition) is 0. The molecule has 196 valence electrons. The van der Waals surface area contributed by atoms with E-state index in [9.17, 15) is 19.2 Å². The van der Waals surface area contributed by atoms with Gasteiger partial charge in [0.15, 0.2) is 0 Å². The third-order valence-corrected chi connectivity index (χ3v) is 7.58. The van der Waals surface area contributed by atoms with Crippen LogP contribution in [0.2, 0.25) is 0 Å². The molecule has 0 spiro atoms. The summed E-state index contributed by atoms with van der Waals surface area (Å²) in [6.07, 6.45) is 3.10. The molecule has 0 saturated carbocycles. The highest BCUT2D eigenvalue weighted by atomic mass is 16.4. The van der Waals surface area contributed by atoms with E-state index in [1.807, 2.05) is 24.3 Å². The zero-order valence-corrected chi connectivity index (χ0v) is 21.2. The van der Waals surface area contributed by atoms with Gasteiger partial charge in [0.1, 0.15) is 11.1 Å². The summed E-state index contributed by atoms with van der Waals surface area (Å²) in [5.41, 5.74) is 2.09. The van der Waals surface area contributed by atoms with Crippen molar-refractivity contribution in [3.05, 3.63) is 112 Å². The van der Waals surface area contributed by atoms with Crippen molar-refractivity contribution in [3.63, 3.8) is 0 Å². The number of hydrogen-bond acceptors (Lipinski definition) is 7. The van der Waals surface area contributed by atoms with Crippen molar-refractivity contribution in [2.45, 2.75) is 0 Å². The van der Waals surface area contributed by atoms with E-state index in [0.29, 0.717) is 59.3 Å². The Morgan fingerprint density at radius 3 is 2.27 bits per heavy atom. The van der Waals surface area contributed by atoms with Gasteiger partial charge in [-0.25, -0.2) is 9.69 Å². The van der Waals surface area contributed by atoms with Crippen LogP contribution in [-0.2, 0) is 0 Å². The molecule has 2 aromatic heterocycles. The molecule has 0 bridgehead atoms. The number of piperazine rings is 1. The molecule has 9 nitrogen and oxygen atoms in total. The molecular weight excluding hydrogens is 508 g/mol. The smallest absolute Gasteiger partial charge is 0.349 e. The van der Waals surface area contributed by atoms with Crippen LogP contribution in [0.5, 0.6) is 0 Å². The maximum atomic E-state index is 13.5. The van der Waals surface area contributed by atoms with E-state index < -0.39 is 5.63 Å². The third-order valence-electron chi connectivity index (χ3n) is 7.58. The van der Waals surface area contributed by atoms with E-state index in [-0.39, 0.29) is 23.3 Å². The number of carbonyl (C=O) groups is 3. The summed E-state index contributed by atoms with van der Waals surface area (Å²) < 4.78 is 5.36. The van der Waals surface area contributed by atoms with Gasteiger partial charge in [0.2, 0.25) is 0 Å². The topological polar surface area (TPSA) is 104 Å². The predicted octanol–water partition coefficient (Wildman–Crippen LogP) is 4.10. The minimum atomic E-state index is -0.648. The van der Waals surface area contributed by atoms with Crippen LogP contribution < -0.4 is 15.4 Å². The number of para-hydroxylation sites is 1. The van der Waals surface area contributed by atoms with Crippen LogP contribution in [0.3, 0.4) is 0 Å². The second-order valence-corrected chi connectivity index (χ2v) is 9.78. The fourth-order valence-electron chi connectivity index (χ4n) is 5.62. The van der Waals surface area contributed by atoms with Crippen LogP contribution >= 0.6 is 0 Å². The molecule has 3 aromatic carbocycles. The Labute approximate surface area is 227 Å². The largest absolute Gasteiger partial charge is 0.422 e. The first-order valence-electron chi connectivity index (χ1n) is 12.9. The van der Waals surface area contributed by atoms with Gasteiger partial charge in [0, 0.05) is 71.5 Å². The van der Waals surface area contributed by atoms with Crippen LogP contribution in [0.15, 0.2) is 94.4 Å². The molecule has 7 rings (SSSR count). The highest BCUT2D eigenvalue weighted by Crippen LogP contribution is 2.37. The Bertz CT molecular complexity index is 1890. The Morgan fingerprint density at radius 2 is 1.50 bits per heavy atom. The predicted molar refractivity (Wildman–Crippen MR) is 150 cm³/mol. The minimum Gasteiger partial charge on any atom is -0.422 e. The van der Waals surface area contributed by atoms with Gasteiger partial charge >= 0.3 is 5.63 Å². The average Bonchev–Trinajstić information content (AvgIpc) is 2.99. The molecule has 0 N–H and O–H groups in total. The van der Waals surface area contributed by atoms with Crippen LogP contribution in [-0.4, -0.2) is 53.8 Å². The van der Waals surface area contributed by atoms with E-state index in [1.54, 1.807) is 65.8 Å². The van der Waals surface area contributed by atoms with Gasteiger partial charge in [-0.05, 0) is 42.5 Å². The van der Waals surface area contributed by atoms with Crippen molar-refractivity contribution in [1.29, 1.82) is 0 Å². The first-order chi connectivity index (χ1) is 19.5. The number of amides is 3. The molecule has 2 aliphatic rings. The molecular formula is C31H22N4O5. The van der Waals surface area contributed by atoms with Gasteiger partial charge in [-0.1, -0.05) is 30.3 Å². The van der Waals surface area contributed by atoms with Crippen molar-refractivity contribution in [1.82, 2.24) is 9.88 Å². The average molecular weight is 531 g/mol. The molecule has 1 saturated heterocycles. The first-order valence-corrected chi connectivity index (χ1v) is 12.9. The summed E-state index contributed by atoms with van der Waals surface area (Å²) >= 11 is 0. The second-order valence-electron chi connectivity index (χ2n) is 9.78. The molecule has 4 heterocycles. The molecule has 3 amide bonds. The normalized spacial score (nSPS) is 15.2. The maximum Gasteiger partial charge on any atom is 0.349 e. The number of carbonyl (C=O) groups excluding carboxylic acids is 3. The lowest BCUT2D eigenvalue weighted by Crippen LogP contribution is -2.49. The molecule has 0 unspecified atom stereocenters. The number of benzene rings is 3. The lowest BCUT2D eigenvalue weighted by molar-refractivity contribution is 0.0742. The quantitative estimate of drug-likeness (QED) is 0.256. The number of fused-ring (bicyclic) bond motifs is 1. The van der Waals surface area contributed by atoms with Crippen molar-refractivity contribution < 1.29 is 18.8 Å². The minimum absolute atomic E-state index is 0.0181. The first kappa shape index (κ1) is 23.8. The van der Waals surface area contributed by atoms with Crippen molar-refractivity contribution in [3.8, 4) is 0 Å². The molecule has 40 heavy (non-hydrogen) atoms. The lowest BCUT2D eigenvalue weighted by Gasteiger charge is -2.37. The molecule has 0 radical (unpaired) electrons. The summed E-state index contributed by atoms with van der Waals surface area (Å²) in [4.78, 5) is 61.6. The van der Waals surface area contributed by atoms with Crippen LogP contribution in [0.25, 0.3) is 21.7 Å². The maximum absolute atomic E-state index is 13.5. The summed E-state index contributed by atoms with van der Waals surface area (Å²) in [5, 5.41) is 2.13. The Balaban J connectivity index is 1.17. The van der Waals surface area contributed by atoms with Crippen LogP contribution in [0.1, 0.15) is 31.1 Å². The van der Waals surface area contributed by atoms with E-state index in [4.69, 9.17) is 4.42 Å². The fraction of sp³-hybridized carbons (Fsp3) is 0.129. The Kier molecular flexibility index (Phi) is 5.45. The molecule has 2 aliphatic heterocycles. The van der Waals surface area contributed by atoms with Crippen LogP contribution in [0, 0.1) is 0 Å². The van der Waals surface area contributed by atoms with Gasteiger partial charge in [-0.3, -0.25) is 19.4 Å². The monoisotopic (exact) mass is 530 g/mol. The lowest BCUT2D eigenvalue weighted by atomic mass is 9.92. The Morgan fingerprint density at radius 1 is 0.775 bits per heavy atom. The second kappa shape index (κ2) is 9.16. The van der Waals surface area contributed by atoms with Crippen molar-refractivity contribution >= 4 is 50.8 Å². The number of aromatic nitrogens is 1. The standard InChI is InChI=1S/C31H22N4O5/c36-28(24-18-19-4-1-2-7-26(19)40-31(24)39)34-16-14-33(15-17-34)25-9-8-23-27-21(25)5-3-6-22(27)29(37)35(30(23)38)20-10-12-32-13-11-20/h1-13,18H,14-17H2. The summed E-state index contributed by atoms with van der Waals surface area (Å²) in [5.74, 6) is -1.12. The number of pyridine rings is 1. The summed E-state index contributed by atoms with van der Waals surface area (Å²) in [6, 6.07) is 21.1. The fourth-order valence-corrected chi connectivity index (χ4v) is 5.62.